The van der Waals surface area contributed by atoms with Crippen molar-refractivity contribution in [2.75, 3.05) is 39.1 Å². The normalized spacial score (nSPS) is 18.0. The zero-order valence-electron chi connectivity index (χ0n) is 15.0. The minimum absolute atomic E-state index is 0.0247. The maximum absolute atomic E-state index is 13.0. The van der Waals surface area contributed by atoms with E-state index in [2.05, 4.69) is 5.32 Å². The molecule has 6 nitrogen and oxygen atoms in total. The average Bonchev–Trinajstić information content (AvgIpc) is 2.65. The quantitative estimate of drug-likeness (QED) is 0.706. The van der Waals surface area contributed by atoms with Crippen LogP contribution < -0.4 is 5.32 Å². The number of rotatable bonds is 8. The van der Waals surface area contributed by atoms with E-state index in [0.717, 1.165) is 12.0 Å². The Morgan fingerprint density at radius 3 is 2.44 bits per heavy atom. The molecular formula is C18H28N2O4S. The molecule has 25 heavy (non-hydrogen) atoms. The van der Waals surface area contributed by atoms with Crippen LogP contribution in [0.4, 0.5) is 0 Å². The highest BCUT2D eigenvalue weighted by Gasteiger charge is 2.44. The van der Waals surface area contributed by atoms with Crippen LogP contribution >= 0.6 is 0 Å². The molecule has 140 valence electrons. The third-order valence-corrected chi connectivity index (χ3v) is 6.79. The van der Waals surface area contributed by atoms with Crippen LogP contribution in [0, 0.1) is 0 Å². The van der Waals surface area contributed by atoms with Gasteiger partial charge in [0.1, 0.15) is 0 Å². The van der Waals surface area contributed by atoms with Crippen LogP contribution in [-0.2, 0) is 25.0 Å². The van der Waals surface area contributed by atoms with Crippen LogP contribution in [0.15, 0.2) is 30.3 Å². The van der Waals surface area contributed by atoms with E-state index in [1.807, 2.05) is 30.3 Å². The summed E-state index contributed by atoms with van der Waals surface area (Å²) in [5.74, 6) is 0.0671. The van der Waals surface area contributed by atoms with Gasteiger partial charge in [-0.05, 0) is 31.7 Å². The zero-order chi connectivity index (χ0) is 18.3. The molecule has 1 aromatic rings. The Morgan fingerprint density at radius 2 is 1.88 bits per heavy atom. The first-order valence-electron chi connectivity index (χ1n) is 8.77. The van der Waals surface area contributed by atoms with Gasteiger partial charge in [-0.25, -0.2) is 12.7 Å². The lowest BCUT2D eigenvalue weighted by molar-refractivity contribution is -0.128. The Hall–Kier alpha value is -1.44. The Bertz CT molecular complexity index is 653. The van der Waals surface area contributed by atoms with Crippen molar-refractivity contribution in [2.24, 2.45) is 0 Å². The molecule has 7 heteroatoms. The Balaban J connectivity index is 2.17. The first-order chi connectivity index (χ1) is 12.0. The van der Waals surface area contributed by atoms with E-state index in [0.29, 0.717) is 39.1 Å². The summed E-state index contributed by atoms with van der Waals surface area (Å²) in [5.41, 5.74) is 0.279. The van der Waals surface area contributed by atoms with Crippen LogP contribution in [0.25, 0.3) is 0 Å². The van der Waals surface area contributed by atoms with Crippen LogP contribution in [0.1, 0.15) is 31.7 Å². The van der Waals surface area contributed by atoms with E-state index in [1.54, 1.807) is 14.0 Å². The minimum Gasteiger partial charge on any atom is -0.385 e. The number of hydrogen-bond donors (Lipinski definition) is 1. The van der Waals surface area contributed by atoms with Crippen molar-refractivity contribution in [3.8, 4) is 0 Å². The van der Waals surface area contributed by atoms with Crippen molar-refractivity contribution in [3.05, 3.63) is 35.9 Å². The van der Waals surface area contributed by atoms with Crippen LogP contribution in [0.3, 0.4) is 0 Å². The third kappa shape index (κ3) is 4.59. The molecule has 1 aliphatic heterocycles. The number of hydrogen-bond acceptors (Lipinski definition) is 4. The molecule has 1 amide bonds. The van der Waals surface area contributed by atoms with Crippen molar-refractivity contribution in [1.29, 1.82) is 0 Å². The van der Waals surface area contributed by atoms with Gasteiger partial charge >= 0.3 is 0 Å². The molecule has 1 heterocycles. The topological polar surface area (TPSA) is 75.7 Å². The predicted octanol–water partition coefficient (Wildman–Crippen LogP) is 1.52. The van der Waals surface area contributed by atoms with Gasteiger partial charge in [0.25, 0.3) is 0 Å². The zero-order valence-corrected chi connectivity index (χ0v) is 15.8. The molecular weight excluding hydrogens is 340 g/mol. The van der Waals surface area contributed by atoms with Crippen molar-refractivity contribution in [2.45, 2.75) is 31.6 Å². The Kier molecular flexibility index (Phi) is 6.98. The lowest BCUT2D eigenvalue weighted by Gasteiger charge is -2.40. The maximum atomic E-state index is 13.0. The second kappa shape index (κ2) is 8.78. The number of carbonyl (C=O) groups is 1. The molecule has 1 N–H and O–H groups in total. The van der Waals surface area contributed by atoms with Crippen molar-refractivity contribution < 1.29 is 17.9 Å². The number of piperidine rings is 1. The van der Waals surface area contributed by atoms with Crippen molar-refractivity contribution in [1.82, 2.24) is 9.62 Å². The van der Waals surface area contributed by atoms with Gasteiger partial charge in [0.15, 0.2) is 0 Å². The lowest BCUT2D eigenvalue weighted by atomic mass is 9.72. The van der Waals surface area contributed by atoms with Crippen LogP contribution in [-0.4, -0.2) is 57.7 Å². The third-order valence-electron chi connectivity index (χ3n) is 4.91. The molecule has 2 rings (SSSR count). The number of methoxy groups -OCH3 is 1. The summed E-state index contributed by atoms with van der Waals surface area (Å²) in [6.07, 6.45) is 1.74. The minimum atomic E-state index is -3.22. The highest BCUT2D eigenvalue weighted by Crippen LogP contribution is 2.36. The highest BCUT2D eigenvalue weighted by molar-refractivity contribution is 7.89. The number of benzene rings is 1. The summed E-state index contributed by atoms with van der Waals surface area (Å²) < 4.78 is 30.8. The van der Waals surface area contributed by atoms with Gasteiger partial charge in [-0.3, -0.25) is 4.79 Å². The number of amides is 1. The lowest BCUT2D eigenvalue weighted by Crippen LogP contribution is -2.53. The van der Waals surface area contributed by atoms with Gasteiger partial charge in [0.2, 0.25) is 15.9 Å². The van der Waals surface area contributed by atoms with E-state index < -0.39 is 15.4 Å². The molecule has 0 saturated carbocycles. The van der Waals surface area contributed by atoms with Gasteiger partial charge in [-0.15, -0.1) is 0 Å². The molecule has 0 bridgehead atoms. The molecule has 0 spiro atoms. The number of nitrogens with zero attached hydrogens (tertiary/aromatic N) is 1. The van der Waals surface area contributed by atoms with Crippen LogP contribution in [0.5, 0.6) is 0 Å². The molecule has 0 atom stereocenters. The monoisotopic (exact) mass is 368 g/mol. The second-order valence-corrected chi connectivity index (χ2v) is 8.61. The molecule has 1 aromatic carbocycles. The first kappa shape index (κ1) is 19.9. The van der Waals surface area contributed by atoms with E-state index in [9.17, 15) is 13.2 Å². The van der Waals surface area contributed by atoms with Gasteiger partial charge in [0, 0.05) is 33.4 Å². The predicted molar refractivity (Wildman–Crippen MR) is 97.9 cm³/mol. The van der Waals surface area contributed by atoms with Gasteiger partial charge < -0.3 is 10.1 Å². The maximum Gasteiger partial charge on any atom is 0.230 e. The van der Waals surface area contributed by atoms with Crippen molar-refractivity contribution in [3.63, 3.8) is 0 Å². The summed E-state index contributed by atoms with van der Waals surface area (Å²) >= 11 is 0. The van der Waals surface area contributed by atoms with E-state index in [-0.39, 0.29) is 11.7 Å². The highest BCUT2D eigenvalue weighted by atomic mass is 32.2. The standard InChI is InChI=1S/C18H28N2O4S/c1-3-25(22,23)20-13-10-18(11-14-20,16-8-5-4-6-9-16)17(21)19-12-7-15-24-2/h4-6,8-9H,3,7,10-15H2,1-2H3,(H,19,21). The number of carbonyl (C=O) groups excluding carboxylic acids is 1. The average molecular weight is 368 g/mol. The van der Waals surface area contributed by atoms with E-state index in [4.69, 9.17) is 4.74 Å². The van der Waals surface area contributed by atoms with E-state index in [1.165, 1.54) is 4.31 Å². The fourth-order valence-corrected chi connectivity index (χ4v) is 4.42. The molecule has 1 saturated heterocycles. The smallest absolute Gasteiger partial charge is 0.230 e. The molecule has 0 aromatic heterocycles. The molecule has 0 radical (unpaired) electrons. The van der Waals surface area contributed by atoms with Gasteiger partial charge in [-0.1, -0.05) is 30.3 Å². The fourth-order valence-electron chi connectivity index (χ4n) is 3.32. The van der Waals surface area contributed by atoms with Gasteiger partial charge in [-0.2, -0.15) is 0 Å². The van der Waals surface area contributed by atoms with Crippen molar-refractivity contribution >= 4 is 15.9 Å². The number of sulfonamides is 1. The van der Waals surface area contributed by atoms with E-state index >= 15 is 0 Å². The Labute approximate surface area is 150 Å². The molecule has 0 aliphatic carbocycles. The second-order valence-electron chi connectivity index (χ2n) is 6.35. The van der Waals surface area contributed by atoms with Crippen LogP contribution in [0.2, 0.25) is 0 Å². The SMILES string of the molecule is CCS(=O)(=O)N1CCC(C(=O)NCCCOC)(c2ccccc2)CC1. The largest absolute Gasteiger partial charge is 0.385 e. The molecule has 0 unspecified atom stereocenters. The summed E-state index contributed by atoms with van der Waals surface area (Å²) in [5, 5.41) is 3.01. The fraction of sp³-hybridized carbons (Fsp3) is 0.611. The number of ether oxygens (including phenoxy) is 1. The summed E-state index contributed by atoms with van der Waals surface area (Å²) in [6.45, 7) is 3.55. The summed E-state index contributed by atoms with van der Waals surface area (Å²) in [4.78, 5) is 13.0. The number of nitrogens with one attached hydrogen (secondary N) is 1. The first-order valence-corrected chi connectivity index (χ1v) is 10.4. The van der Waals surface area contributed by atoms with Gasteiger partial charge in [0.05, 0.1) is 11.2 Å². The molecule has 1 aliphatic rings. The summed E-state index contributed by atoms with van der Waals surface area (Å²) in [6, 6.07) is 9.68. The Morgan fingerprint density at radius 1 is 1.24 bits per heavy atom. The summed E-state index contributed by atoms with van der Waals surface area (Å²) in [7, 11) is -1.58. The molecule has 1 fully saturated rings.